The first-order chi connectivity index (χ1) is 9.67. The van der Waals surface area contributed by atoms with Crippen LogP contribution in [0.2, 0.25) is 0 Å². The van der Waals surface area contributed by atoms with Crippen LogP contribution in [0.25, 0.3) is 0 Å². The minimum Gasteiger partial charge on any atom is -0.381 e. The Morgan fingerprint density at radius 3 is 2.55 bits per heavy atom. The molecule has 0 fully saturated rings. The van der Waals surface area contributed by atoms with Gasteiger partial charge in [0.15, 0.2) is 11.6 Å². The summed E-state index contributed by atoms with van der Waals surface area (Å²) >= 11 is 0. The van der Waals surface area contributed by atoms with Crippen LogP contribution in [0, 0.1) is 11.6 Å². The van der Waals surface area contributed by atoms with E-state index in [1.54, 1.807) is 6.07 Å². The Morgan fingerprint density at radius 2 is 1.90 bits per heavy atom. The van der Waals surface area contributed by atoms with E-state index in [-0.39, 0.29) is 6.04 Å². The summed E-state index contributed by atoms with van der Waals surface area (Å²) in [7, 11) is 0. The fourth-order valence-electron chi connectivity index (χ4n) is 2.05. The number of hydrogen-bond acceptors (Lipinski definition) is 2. The summed E-state index contributed by atoms with van der Waals surface area (Å²) in [5.41, 5.74) is 0.813. The largest absolute Gasteiger partial charge is 0.381 e. The van der Waals surface area contributed by atoms with Gasteiger partial charge in [0.2, 0.25) is 0 Å². The number of rotatable bonds is 10. The van der Waals surface area contributed by atoms with E-state index in [4.69, 9.17) is 4.74 Å². The van der Waals surface area contributed by atoms with Gasteiger partial charge in [-0.3, -0.25) is 0 Å². The normalized spacial score (nSPS) is 12.6. The molecule has 0 radical (unpaired) electrons. The van der Waals surface area contributed by atoms with Crippen LogP contribution in [-0.2, 0) is 11.2 Å². The third-order valence-corrected chi connectivity index (χ3v) is 3.11. The van der Waals surface area contributed by atoms with Gasteiger partial charge < -0.3 is 10.1 Å². The molecule has 2 nitrogen and oxygen atoms in total. The van der Waals surface area contributed by atoms with Gasteiger partial charge in [0.1, 0.15) is 0 Å². The van der Waals surface area contributed by atoms with Crippen LogP contribution in [0.3, 0.4) is 0 Å². The van der Waals surface area contributed by atoms with Gasteiger partial charge in [0.25, 0.3) is 0 Å². The minimum absolute atomic E-state index is 0.233. The first-order valence-electron chi connectivity index (χ1n) is 7.42. The average molecular weight is 285 g/mol. The smallest absolute Gasteiger partial charge is 0.159 e. The third kappa shape index (κ3) is 6.44. The lowest BCUT2D eigenvalue weighted by atomic mass is 10.0. The van der Waals surface area contributed by atoms with Gasteiger partial charge in [-0.05, 0) is 49.9 Å². The second kappa shape index (κ2) is 9.83. The standard InChI is InChI=1S/C16H25F2NO/c1-3-8-19-14(7-10-20-9-4-2)11-13-5-6-15(17)16(18)12-13/h5-6,12,14,19H,3-4,7-11H2,1-2H3. The van der Waals surface area contributed by atoms with Gasteiger partial charge in [-0.2, -0.15) is 0 Å². The lowest BCUT2D eigenvalue weighted by Gasteiger charge is -2.18. The molecule has 0 heterocycles. The van der Waals surface area contributed by atoms with Gasteiger partial charge in [0.05, 0.1) is 0 Å². The predicted molar refractivity (Wildman–Crippen MR) is 77.9 cm³/mol. The Balaban J connectivity index is 2.51. The monoisotopic (exact) mass is 285 g/mol. The highest BCUT2D eigenvalue weighted by molar-refractivity contribution is 5.18. The Kier molecular flexibility index (Phi) is 8.38. The van der Waals surface area contributed by atoms with E-state index in [1.165, 1.54) is 12.1 Å². The zero-order valence-corrected chi connectivity index (χ0v) is 12.4. The maximum atomic E-state index is 13.2. The molecular formula is C16H25F2NO. The van der Waals surface area contributed by atoms with Crippen molar-refractivity contribution in [3.63, 3.8) is 0 Å². The van der Waals surface area contributed by atoms with Gasteiger partial charge >= 0.3 is 0 Å². The van der Waals surface area contributed by atoms with Crippen LogP contribution < -0.4 is 5.32 Å². The molecule has 0 amide bonds. The van der Waals surface area contributed by atoms with Gasteiger partial charge in [0, 0.05) is 19.3 Å². The van der Waals surface area contributed by atoms with Crippen LogP contribution in [0.15, 0.2) is 18.2 Å². The molecule has 1 rings (SSSR count). The lowest BCUT2D eigenvalue weighted by molar-refractivity contribution is 0.124. The molecule has 114 valence electrons. The van der Waals surface area contributed by atoms with E-state index in [9.17, 15) is 8.78 Å². The highest BCUT2D eigenvalue weighted by atomic mass is 19.2. The zero-order chi connectivity index (χ0) is 14.8. The third-order valence-electron chi connectivity index (χ3n) is 3.11. The summed E-state index contributed by atoms with van der Waals surface area (Å²) in [4.78, 5) is 0. The number of nitrogens with one attached hydrogen (secondary N) is 1. The van der Waals surface area contributed by atoms with E-state index in [1.807, 2.05) is 0 Å². The van der Waals surface area contributed by atoms with Crippen molar-refractivity contribution < 1.29 is 13.5 Å². The van der Waals surface area contributed by atoms with Crippen molar-refractivity contribution >= 4 is 0 Å². The highest BCUT2D eigenvalue weighted by Gasteiger charge is 2.11. The highest BCUT2D eigenvalue weighted by Crippen LogP contribution is 2.12. The number of ether oxygens (including phenoxy) is 1. The van der Waals surface area contributed by atoms with Crippen molar-refractivity contribution in [1.82, 2.24) is 5.32 Å². The molecule has 1 unspecified atom stereocenters. The molecule has 1 N–H and O–H groups in total. The Bertz CT molecular complexity index is 385. The second-order valence-corrected chi connectivity index (χ2v) is 5.00. The topological polar surface area (TPSA) is 21.3 Å². The summed E-state index contributed by atoms with van der Waals surface area (Å²) in [5, 5.41) is 3.43. The molecule has 0 spiro atoms. The van der Waals surface area contributed by atoms with Crippen molar-refractivity contribution in [2.75, 3.05) is 19.8 Å². The van der Waals surface area contributed by atoms with Gasteiger partial charge in [-0.15, -0.1) is 0 Å². The molecule has 1 atom stereocenters. The van der Waals surface area contributed by atoms with Gasteiger partial charge in [-0.1, -0.05) is 19.9 Å². The molecule has 0 saturated carbocycles. The summed E-state index contributed by atoms with van der Waals surface area (Å²) in [6.07, 6.45) is 3.62. The Morgan fingerprint density at radius 1 is 1.10 bits per heavy atom. The number of halogens is 2. The van der Waals surface area contributed by atoms with Crippen LogP contribution in [0.4, 0.5) is 8.78 Å². The summed E-state index contributed by atoms with van der Waals surface area (Å²) in [5.74, 6) is -1.57. The first-order valence-corrected chi connectivity index (χ1v) is 7.42. The van der Waals surface area contributed by atoms with E-state index >= 15 is 0 Å². The fraction of sp³-hybridized carbons (Fsp3) is 0.625. The molecule has 0 saturated heterocycles. The van der Waals surface area contributed by atoms with Crippen molar-refractivity contribution in [2.45, 2.75) is 45.6 Å². The summed E-state index contributed by atoms with van der Waals surface area (Å²) < 4.78 is 31.6. The molecule has 0 aliphatic rings. The molecule has 1 aromatic carbocycles. The van der Waals surface area contributed by atoms with Crippen molar-refractivity contribution in [3.05, 3.63) is 35.4 Å². The molecule has 20 heavy (non-hydrogen) atoms. The van der Waals surface area contributed by atoms with Crippen LogP contribution in [0.1, 0.15) is 38.7 Å². The molecule has 1 aromatic rings. The number of benzene rings is 1. The maximum Gasteiger partial charge on any atom is 0.159 e. The number of hydrogen-bond donors (Lipinski definition) is 1. The minimum atomic E-state index is -0.793. The zero-order valence-electron chi connectivity index (χ0n) is 12.4. The van der Waals surface area contributed by atoms with Gasteiger partial charge in [-0.25, -0.2) is 8.78 Å². The Labute approximate surface area is 120 Å². The van der Waals surface area contributed by atoms with E-state index in [0.717, 1.165) is 38.0 Å². The van der Waals surface area contributed by atoms with Crippen LogP contribution in [-0.4, -0.2) is 25.8 Å². The van der Waals surface area contributed by atoms with Crippen molar-refractivity contribution in [1.29, 1.82) is 0 Å². The van der Waals surface area contributed by atoms with Crippen molar-refractivity contribution in [3.8, 4) is 0 Å². The van der Waals surface area contributed by atoms with Crippen molar-refractivity contribution in [2.24, 2.45) is 0 Å². The fourth-order valence-corrected chi connectivity index (χ4v) is 2.05. The first kappa shape index (κ1) is 17.1. The van der Waals surface area contributed by atoms with E-state index in [2.05, 4.69) is 19.2 Å². The molecule has 0 bridgehead atoms. The second-order valence-electron chi connectivity index (χ2n) is 5.00. The van der Waals surface area contributed by atoms with Crippen LogP contribution >= 0.6 is 0 Å². The summed E-state index contributed by atoms with van der Waals surface area (Å²) in [6, 6.07) is 4.35. The molecule has 0 aromatic heterocycles. The molecule has 4 heteroatoms. The maximum absolute atomic E-state index is 13.2. The lowest BCUT2D eigenvalue weighted by Crippen LogP contribution is -2.33. The van der Waals surface area contributed by atoms with E-state index in [0.29, 0.717) is 13.0 Å². The predicted octanol–water partition coefficient (Wildman–Crippen LogP) is 3.69. The SMILES string of the molecule is CCCNC(CCOCCC)Cc1ccc(F)c(F)c1. The van der Waals surface area contributed by atoms with E-state index < -0.39 is 11.6 Å². The quantitative estimate of drug-likeness (QED) is 0.662. The molecule has 0 aliphatic carbocycles. The Hall–Kier alpha value is -1.00. The molecule has 0 aliphatic heterocycles. The average Bonchev–Trinajstić information content (AvgIpc) is 2.44. The van der Waals surface area contributed by atoms with Crippen LogP contribution in [0.5, 0.6) is 0 Å². The molecular weight excluding hydrogens is 260 g/mol. The summed E-state index contributed by atoms with van der Waals surface area (Å²) in [6.45, 7) is 6.57.